The van der Waals surface area contributed by atoms with Crippen molar-refractivity contribution in [1.82, 2.24) is 9.97 Å². The van der Waals surface area contributed by atoms with E-state index in [2.05, 4.69) is 22.2 Å². The summed E-state index contributed by atoms with van der Waals surface area (Å²) in [5, 5.41) is 3.39. The Bertz CT molecular complexity index is 410. The number of carbonyl (C=O) groups is 1. The van der Waals surface area contributed by atoms with E-state index in [1.165, 1.54) is 32.1 Å². The highest BCUT2D eigenvalue weighted by Gasteiger charge is 2.10. The summed E-state index contributed by atoms with van der Waals surface area (Å²) in [6.45, 7) is 4.78. The largest absolute Gasteiger partial charge is 0.369 e. The van der Waals surface area contributed by atoms with Crippen molar-refractivity contribution >= 4 is 23.7 Å². The first-order chi connectivity index (χ1) is 9.19. The molecule has 106 valence electrons. The summed E-state index contributed by atoms with van der Waals surface area (Å²) < 4.78 is 0. The van der Waals surface area contributed by atoms with Crippen LogP contribution in [-0.2, 0) is 0 Å². The molecule has 19 heavy (non-hydrogen) atoms. The van der Waals surface area contributed by atoms with Crippen LogP contribution in [0.1, 0.15) is 61.6 Å². The third-order valence-electron chi connectivity index (χ3n) is 2.95. The highest BCUT2D eigenvalue weighted by atomic mass is 35.5. The van der Waals surface area contributed by atoms with E-state index in [0.29, 0.717) is 23.5 Å². The van der Waals surface area contributed by atoms with Crippen LogP contribution in [0.5, 0.6) is 0 Å². The lowest BCUT2D eigenvalue weighted by atomic mass is 10.1. The molecular weight excluding hydrogens is 262 g/mol. The second-order valence-corrected chi connectivity index (χ2v) is 4.99. The van der Waals surface area contributed by atoms with Gasteiger partial charge in [0, 0.05) is 6.54 Å². The maximum absolute atomic E-state index is 11.0. The molecule has 1 aromatic rings. The number of aldehydes is 1. The normalized spacial score (nSPS) is 10.5. The zero-order valence-electron chi connectivity index (χ0n) is 11.7. The van der Waals surface area contributed by atoms with Gasteiger partial charge in [0.2, 0.25) is 0 Å². The van der Waals surface area contributed by atoms with Crippen LogP contribution in [-0.4, -0.2) is 22.8 Å². The van der Waals surface area contributed by atoms with Gasteiger partial charge in [0.25, 0.3) is 0 Å². The molecule has 0 spiro atoms. The first kappa shape index (κ1) is 15.9. The molecule has 4 nitrogen and oxygen atoms in total. The molecule has 5 heteroatoms. The fourth-order valence-electron chi connectivity index (χ4n) is 1.90. The van der Waals surface area contributed by atoms with Crippen LogP contribution in [0.3, 0.4) is 0 Å². The number of halogens is 1. The van der Waals surface area contributed by atoms with E-state index in [1.807, 2.05) is 0 Å². The number of aromatic nitrogens is 2. The molecule has 0 saturated heterocycles. The van der Waals surface area contributed by atoms with E-state index in [4.69, 9.17) is 11.6 Å². The molecule has 0 saturated carbocycles. The maximum Gasteiger partial charge on any atom is 0.156 e. The van der Waals surface area contributed by atoms with Gasteiger partial charge in [-0.3, -0.25) is 4.79 Å². The smallest absolute Gasteiger partial charge is 0.156 e. The van der Waals surface area contributed by atoms with Crippen molar-refractivity contribution in [2.45, 2.75) is 52.4 Å². The zero-order valence-corrected chi connectivity index (χ0v) is 12.5. The number of rotatable bonds is 9. The first-order valence-corrected chi connectivity index (χ1v) is 7.30. The Labute approximate surface area is 120 Å². The van der Waals surface area contributed by atoms with Crippen LogP contribution in [0, 0.1) is 6.92 Å². The van der Waals surface area contributed by atoms with Crippen molar-refractivity contribution in [3.63, 3.8) is 0 Å². The summed E-state index contributed by atoms with van der Waals surface area (Å²) in [6.07, 6.45) is 8.10. The van der Waals surface area contributed by atoms with Crippen molar-refractivity contribution in [3.8, 4) is 0 Å². The van der Waals surface area contributed by atoms with Crippen LogP contribution in [0.4, 0.5) is 5.82 Å². The molecule has 0 atom stereocenters. The number of aryl methyl sites for hydroxylation is 1. The summed E-state index contributed by atoms with van der Waals surface area (Å²) in [5.74, 6) is 1.11. The molecule has 0 unspecified atom stereocenters. The van der Waals surface area contributed by atoms with Gasteiger partial charge in [0.15, 0.2) is 6.29 Å². The van der Waals surface area contributed by atoms with E-state index in [0.717, 1.165) is 13.0 Å². The molecule has 0 radical (unpaired) electrons. The molecular formula is C14H22ClN3O. The van der Waals surface area contributed by atoms with E-state index < -0.39 is 0 Å². The van der Waals surface area contributed by atoms with E-state index in [1.54, 1.807) is 6.92 Å². The van der Waals surface area contributed by atoms with Crippen LogP contribution in [0.15, 0.2) is 0 Å². The standard InChI is InChI=1S/C14H22ClN3O/c1-3-4-5-6-7-8-9-16-14-12(10-19)13(15)17-11(2)18-14/h10H,3-9H2,1-2H3,(H,16,17,18). The van der Waals surface area contributed by atoms with E-state index in [9.17, 15) is 4.79 Å². The van der Waals surface area contributed by atoms with E-state index in [-0.39, 0.29) is 5.15 Å². The Morgan fingerprint density at radius 1 is 1.16 bits per heavy atom. The van der Waals surface area contributed by atoms with Gasteiger partial charge in [-0.1, -0.05) is 50.6 Å². The summed E-state index contributed by atoms with van der Waals surface area (Å²) in [6, 6.07) is 0. The minimum Gasteiger partial charge on any atom is -0.369 e. The number of hydrogen-bond donors (Lipinski definition) is 1. The lowest BCUT2D eigenvalue weighted by Gasteiger charge is -2.09. The van der Waals surface area contributed by atoms with E-state index >= 15 is 0 Å². The van der Waals surface area contributed by atoms with Gasteiger partial charge in [0.1, 0.15) is 16.8 Å². The van der Waals surface area contributed by atoms with Gasteiger partial charge in [0.05, 0.1) is 5.56 Å². The average molecular weight is 284 g/mol. The van der Waals surface area contributed by atoms with Gasteiger partial charge in [-0.05, 0) is 13.3 Å². The maximum atomic E-state index is 11.0. The second kappa shape index (κ2) is 8.86. The lowest BCUT2D eigenvalue weighted by molar-refractivity contribution is 0.112. The molecule has 1 heterocycles. The first-order valence-electron chi connectivity index (χ1n) is 6.92. The van der Waals surface area contributed by atoms with Gasteiger partial charge in [-0.25, -0.2) is 9.97 Å². The number of hydrogen-bond acceptors (Lipinski definition) is 4. The minimum absolute atomic E-state index is 0.216. The highest BCUT2D eigenvalue weighted by Crippen LogP contribution is 2.19. The number of nitrogens with zero attached hydrogens (tertiary/aromatic N) is 2. The molecule has 0 bridgehead atoms. The topological polar surface area (TPSA) is 54.9 Å². The fourth-order valence-corrected chi connectivity index (χ4v) is 2.15. The van der Waals surface area contributed by atoms with Gasteiger partial charge in [-0.2, -0.15) is 0 Å². The van der Waals surface area contributed by atoms with Crippen LogP contribution in [0.25, 0.3) is 0 Å². The van der Waals surface area contributed by atoms with Crippen molar-refractivity contribution in [3.05, 3.63) is 16.5 Å². The summed E-state index contributed by atoms with van der Waals surface area (Å²) in [5.41, 5.74) is 0.346. The Morgan fingerprint density at radius 3 is 2.53 bits per heavy atom. The molecule has 0 aromatic carbocycles. The zero-order chi connectivity index (χ0) is 14.1. The Morgan fingerprint density at radius 2 is 1.84 bits per heavy atom. The predicted octanol–water partition coefficient (Wildman–Crippen LogP) is 4.02. The fraction of sp³-hybridized carbons (Fsp3) is 0.643. The predicted molar refractivity (Wildman–Crippen MR) is 79.0 cm³/mol. The van der Waals surface area contributed by atoms with Crippen molar-refractivity contribution in [2.75, 3.05) is 11.9 Å². The third kappa shape index (κ3) is 5.55. The molecule has 1 aromatic heterocycles. The molecule has 1 N–H and O–H groups in total. The molecule has 0 fully saturated rings. The highest BCUT2D eigenvalue weighted by molar-refractivity contribution is 6.32. The second-order valence-electron chi connectivity index (χ2n) is 4.64. The molecule has 0 amide bonds. The van der Waals surface area contributed by atoms with Crippen molar-refractivity contribution in [1.29, 1.82) is 0 Å². The minimum atomic E-state index is 0.216. The summed E-state index contributed by atoms with van der Waals surface area (Å²) in [4.78, 5) is 19.1. The average Bonchev–Trinajstić information content (AvgIpc) is 2.37. The lowest BCUT2D eigenvalue weighted by Crippen LogP contribution is -2.08. The molecule has 1 rings (SSSR count). The van der Waals surface area contributed by atoms with Crippen LogP contribution < -0.4 is 5.32 Å². The number of carbonyl (C=O) groups excluding carboxylic acids is 1. The third-order valence-corrected chi connectivity index (χ3v) is 3.24. The number of nitrogens with one attached hydrogen (secondary N) is 1. The number of anilines is 1. The van der Waals surface area contributed by atoms with Crippen LogP contribution >= 0.6 is 11.6 Å². The Hall–Kier alpha value is -1.16. The van der Waals surface area contributed by atoms with Gasteiger partial charge >= 0.3 is 0 Å². The van der Waals surface area contributed by atoms with Crippen molar-refractivity contribution < 1.29 is 4.79 Å². The Balaban J connectivity index is 2.38. The summed E-state index contributed by atoms with van der Waals surface area (Å²) >= 11 is 5.91. The quantitative estimate of drug-likeness (QED) is 0.422. The molecule has 0 aliphatic rings. The molecule has 0 aliphatic heterocycles. The molecule has 0 aliphatic carbocycles. The number of unbranched alkanes of at least 4 members (excludes halogenated alkanes) is 5. The van der Waals surface area contributed by atoms with Gasteiger partial charge < -0.3 is 5.32 Å². The summed E-state index contributed by atoms with van der Waals surface area (Å²) in [7, 11) is 0. The van der Waals surface area contributed by atoms with Crippen molar-refractivity contribution in [2.24, 2.45) is 0 Å². The Kier molecular flexibility index (Phi) is 7.41. The SMILES string of the molecule is CCCCCCCCNc1nc(C)nc(Cl)c1C=O. The van der Waals surface area contributed by atoms with Gasteiger partial charge in [-0.15, -0.1) is 0 Å². The monoisotopic (exact) mass is 283 g/mol. The van der Waals surface area contributed by atoms with Crippen LogP contribution in [0.2, 0.25) is 5.15 Å².